The van der Waals surface area contributed by atoms with Crippen LogP contribution in [0.2, 0.25) is 0 Å². The third-order valence-electron chi connectivity index (χ3n) is 4.91. The largest absolute Gasteiger partial charge is 0.443 e. The second-order valence-electron chi connectivity index (χ2n) is 10.1. The van der Waals surface area contributed by atoms with Crippen LogP contribution in [-0.4, -0.2) is 34.3 Å². The van der Waals surface area contributed by atoms with E-state index in [1.54, 1.807) is 59.7 Å². The Morgan fingerprint density at radius 2 is 1.62 bits per heavy atom. The summed E-state index contributed by atoms with van der Waals surface area (Å²) in [6, 6.07) is 14.5. The van der Waals surface area contributed by atoms with Crippen molar-refractivity contribution < 1.29 is 23.9 Å². The molecule has 2 aromatic carbocycles. The van der Waals surface area contributed by atoms with E-state index < -0.39 is 34.8 Å². The predicted molar refractivity (Wildman–Crippen MR) is 132 cm³/mol. The number of ether oxygens (including phenoxy) is 2. The molecule has 0 unspecified atom stereocenters. The van der Waals surface area contributed by atoms with Gasteiger partial charge in [0.05, 0.1) is 0 Å². The molecule has 0 fully saturated rings. The van der Waals surface area contributed by atoms with Crippen molar-refractivity contribution in [2.24, 2.45) is 0 Å². The van der Waals surface area contributed by atoms with Crippen molar-refractivity contribution in [2.45, 2.75) is 64.7 Å². The number of carbonyl (C=O) groups is 3. The molecule has 1 aliphatic heterocycles. The summed E-state index contributed by atoms with van der Waals surface area (Å²) >= 11 is 3.46. The van der Waals surface area contributed by atoms with Crippen molar-refractivity contribution in [3.05, 3.63) is 64.1 Å². The van der Waals surface area contributed by atoms with Gasteiger partial charge < -0.3 is 14.8 Å². The van der Waals surface area contributed by atoms with E-state index in [-0.39, 0.29) is 6.42 Å². The first-order valence-electron chi connectivity index (χ1n) is 10.9. The summed E-state index contributed by atoms with van der Waals surface area (Å²) in [6.07, 6.45) is -1.70. The van der Waals surface area contributed by atoms with Crippen LogP contribution in [0.3, 0.4) is 0 Å². The maximum Gasteiger partial charge on any atom is 0.430 e. The summed E-state index contributed by atoms with van der Waals surface area (Å²) in [5.41, 5.74) is 0.992. The van der Waals surface area contributed by atoms with E-state index in [1.807, 2.05) is 30.3 Å². The first-order valence-corrected chi connectivity index (χ1v) is 11.7. The number of hydrazine groups is 1. The summed E-state index contributed by atoms with van der Waals surface area (Å²) in [5.74, 6) is -0.480. The van der Waals surface area contributed by atoms with Gasteiger partial charge >= 0.3 is 12.2 Å². The van der Waals surface area contributed by atoms with Gasteiger partial charge in [0.15, 0.2) is 5.54 Å². The molecule has 8 nitrogen and oxygen atoms in total. The zero-order valence-corrected chi connectivity index (χ0v) is 21.8. The molecule has 182 valence electrons. The molecule has 0 aromatic heterocycles. The molecular weight excluding hydrogens is 502 g/mol. The fourth-order valence-corrected chi connectivity index (χ4v) is 4.04. The Bertz CT molecular complexity index is 1090. The van der Waals surface area contributed by atoms with Crippen LogP contribution in [0.25, 0.3) is 0 Å². The van der Waals surface area contributed by atoms with Gasteiger partial charge in [-0.3, -0.25) is 4.79 Å². The van der Waals surface area contributed by atoms with Crippen LogP contribution in [0, 0.1) is 0 Å². The summed E-state index contributed by atoms with van der Waals surface area (Å²) in [4.78, 5) is 40.1. The second-order valence-corrected chi connectivity index (χ2v) is 11.0. The van der Waals surface area contributed by atoms with E-state index in [4.69, 9.17) is 9.47 Å². The predicted octanol–water partition coefficient (Wildman–Crippen LogP) is 5.52. The third kappa shape index (κ3) is 5.70. The second kappa shape index (κ2) is 9.29. The highest BCUT2D eigenvalue weighted by Crippen LogP contribution is 2.44. The lowest BCUT2D eigenvalue weighted by atomic mass is 9.84. The lowest BCUT2D eigenvalue weighted by Gasteiger charge is -2.40. The molecule has 3 amide bonds. The zero-order valence-electron chi connectivity index (χ0n) is 20.2. The summed E-state index contributed by atoms with van der Waals surface area (Å²) < 4.78 is 11.7. The van der Waals surface area contributed by atoms with Crippen molar-refractivity contribution in [1.82, 2.24) is 10.4 Å². The monoisotopic (exact) mass is 531 g/mol. The molecule has 0 radical (unpaired) electrons. The van der Waals surface area contributed by atoms with Crippen LogP contribution in [0.4, 0.5) is 15.3 Å². The number of hydrogen-bond donors (Lipinski definition) is 2. The third-order valence-corrected chi connectivity index (χ3v) is 5.41. The van der Waals surface area contributed by atoms with Gasteiger partial charge in [0, 0.05) is 22.1 Å². The zero-order chi connectivity index (χ0) is 25.3. The van der Waals surface area contributed by atoms with Gasteiger partial charge in [-0.25, -0.2) is 15.0 Å². The first-order chi connectivity index (χ1) is 15.7. The van der Waals surface area contributed by atoms with Gasteiger partial charge in [0.1, 0.15) is 11.2 Å². The molecular formula is C25H30BrN3O5. The van der Waals surface area contributed by atoms with E-state index in [9.17, 15) is 14.4 Å². The minimum absolute atomic E-state index is 0.0815. The van der Waals surface area contributed by atoms with Crippen molar-refractivity contribution in [3.8, 4) is 0 Å². The quantitative estimate of drug-likeness (QED) is 0.508. The Morgan fingerprint density at radius 3 is 2.21 bits per heavy atom. The van der Waals surface area contributed by atoms with Crippen LogP contribution >= 0.6 is 15.9 Å². The number of fused-ring (bicyclic) bond motifs is 1. The highest BCUT2D eigenvalue weighted by atomic mass is 79.9. The lowest BCUT2D eigenvalue weighted by molar-refractivity contribution is -0.130. The molecule has 34 heavy (non-hydrogen) atoms. The molecule has 2 aromatic rings. The molecule has 0 saturated heterocycles. The molecule has 0 bridgehead atoms. The molecule has 3 rings (SSSR count). The van der Waals surface area contributed by atoms with E-state index in [2.05, 4.69) is 26.7 Å². The number of nitrogens with one attached hydrogen (secondary N) is 2. The number of carbonyl (C=O) groups excluding carboxylic acids is 3. The number of nitrogens with zero attached hydrogens (tertiary/aromatic N) is 1. The van der Waals surface area contributed by atoms with Gasteiger partial charge in [-0.2, -0.15) is 5.01 Å². The Labute approximate surface area is 208 Å². The maximum atomic E-state index is 13.7. The first kappa shape index (κ1) is 25.6. The number of halogens is 1. The molecule has 0 saturated carbocycles. The van der Waals surface area contributed by atoms with Gasteiger partial charge in [-0.15, -0.1) is 0 Å². The Hall–Kier alpha value is -3.07. The number of hydrogen-bond acceptors (Lipinski definition) is 5. The number of rotatable bonds is 3. The van der Waals surface area contributed by atoms with Crippen LogP contribution in [0.15, 0.2) is 53.0 Å². The molecule has 0 aliphatic carbocycles. The Kier molecular flexibility index (Phi) is 6.98. The van der Waals surface area contributed by atoms with Gasteiger partial charge in [0.25, 0.3) is 5.91 Å². The van der Waals surface area contributed by atoms with Gasteiger partial charge in [-0.05, 0) is 65.3 Å². The van der Waals surface area contributed by atoms with Crippen LogP contribution in [0.5, 0.6) is 0 Å². The van der Waals surface area contributed by atoms with Crippen molar-refractivity contribution >= 4 is 39.7 Å². The summed E-state index contributed by atoms with van der Waals surface area (Å²) in [5, 5.41) is 3.81. The van der Waals surface area contributed by atoms with Crippen molar-refractivity contribution in [3.63, 3.8) is 0 Å². The highest BCUT2D eigenvalue weighted by molar-refractivity contribution is 9.10. The molecule has 1 heterocycles. The van der Waals surface area contributed by atoms with E-state index in [1.165, 1.54) is 0 Å². The molecule has 0 spiro atoms. The van der Waals surface area contributed by atoms with Gasteiger partial charge in [0.2, 0.25) is 0 Å². The lowest BCUT2D eigenvalue weighted by Crippen LogP contribution is -2.63. The maximum absolute atomic E-state index is 13.7. The fourth-order valence-electron chi connectivity index (χ4n) is 3.68. The summed E-state index contributed by atoms with van der Waals surface area (Å²) in [6.45, 7) is 10.2. The van der Waals surface area contributed by atoms with Crippen LogP contribution in [-0.2, 0) is 26.2 Å². The highest BCUT2D eigenvalue weighted by Gasteiger charge is 2.55. The fraction of sp³-hybridized carbons (Fsp3) is 0.400. The molecule has 1 atom stereocenters. The Morgan fingerprint density at radius 1 is 1.00 bits per heavy atom. The minimum atomic E-state index is -1.64. The van der Waals surface area contributed by atoms with Gasteiger partial charge in [-0.1, -0.05) is 46.3 Å². The molecule has 9 heteroatoms. The normalized spacial score (nSPS) is 17.4. The smallest absolute Gasteiger partial charge is 0.430 e. The van der Waals surface area contributed by atoms with Crippen LogP contribution in [0.1, 0.15) is 52.7 Å². The van der Waals surface area contributed by atoms with E-state index >= 15 is 0 Å². The SMILES string of the molecule is CC(C)(C)OC(=O)NN(C(=O)OC(C)(C)C)[C@]1(Cc2ccccc2)C(=O)Nc2ccc(Br)cc21. The molecule has 2 N–H and O–H groups in total. The molecule has 1 aliphatic rings. The van der Waals surface area contributed by atoms with E-state index in [0.29, 0.717) is 15.7 Å². The Balaban J connectivity index is 2.20. The minimum Gasteiger partial charge on any atom is -0.443 e. The number of benzene rings is 2. The average Bonchev–Trinajstić information content (AvgIpc) is 2.96. The topological polar surface area (TPSA) is 97.0 Å². The van der Waals surface area contributed by atoms with Crippen LogP contribution < -0.4 is 10.7 Å². The average molecular weight is 532 g/mol. The number of anilines is 1. The van der Waals surface area contributed by atoms with Crippen molar-refractivity contribution in [2.75, 3.05) is 5.32 Å². The standard InChI is InChI=1S/C25H30BrN3O5/c1-23(2,3)33-21(31)28-29(22(32)34-24(4,5)6)25(15-16-10-8-7-9-11-16)18-14-17(26)12-13-19(18)27-20(25)30/h7-14H,15H2,1-6H3,(H,27,30)(H,28,31)/t25-/m0/s1. The van der Waals surface area contributed by atoms with Crippen molar-refractivity contribution in [1.29, 1.82) is 0 Å². The number of amides is 3. The summed E-state index contributed by atoms with van der Waals surface area (Å²) in [7, 11) is 0. The van der Waals surface area contributed by atoms with E-state index in [0.717, 1.165) is 10.6 Å².